The lowest BCUT2D eigenvalue weighted by molar-refractivity contribution is -0.0498. The summed E-state index contributed by atoms with van der Waals surface area (Å²) in [6.45, 7) is 13.9. The number of rotatable bonds is 9. The van der Waals surface area contributed by atoms with Crippen molar-refractivity contribution >= 4 is 30.7 Å². The van der Waals surface area contributed by atoms with Crippen LogP contribution in [0.3, 0.4) is 0 Å². The lowest BCUT2D eigenvalue weighted by atomic mass is 9.97. The summed E-state index contributed by atoms with van der Waals surface area (Å²) in [6.07, 6.45) is 0.0208. The van der Waals surface area contributed by atoms with E-state index in [1.54, 1.807) is 21.9 Å². The maximum Gasteiger partial charge on any atom is 0.410 e. The molecular weight excluding hydrogens is 695 g/mol. The van der Waals surface area contributed by atoms with Crippen LogP contribution in [-0.4, -0.2) is 71.3 Å². The van der Waals surface area contributed by atoms with Crippen LogP contribution in [0.2, 0.25) is 5.04 Å². The number of hydrogen-bond acceptors (Lipinski definition) is 6. The lowest BCUT2D eigenvalue weighted by Gasteiger charge is -2.45. The molecule has 2 aliphatic heterocycles. The monoisotopic (exact) mass is 744 g/mol. The summed E-state index contributed by atoms with van der Waals surface area (Å²) in [5, 5.41) is 7.11. The van der Waals surface area contributed by atoms with E-state index in [9.17, 15) is 18.4 Å². The summed E-state index contributed by atoms with van der Waals surface area (Å²) in [7, 11) is -2.96. The number of halogens is 2. The standard InChI is InChI=1S/C41H50F2N4O5Si/c1-27-23-35-34(25-45(27)39(49)52-40(3,4)5)36-37(48)46(28(2)29-19-21-31(22-20-29)51-38(42)43)24-30(47(36)44-35)26-50-53(41(6,7)8,32-15-11-9-12-16-32)33-17-13-10-14-18-33/h9-22,27-28,30,38H,23-26H2,1-8H3/t27-,28+,30+/m1/s1. The molecule has 12 heteroatoms. The molecule has 4 aromatic rings. The van der Waals surface area contributed by atoms with Crippen LogP contribution in [0.5, 0.6) is 5.75 Å². The number of ether oxygens (including phenoxy) is 2. The molecular formula is C41H50F2N4O5Si. The molecule has 282 valence electrons. The van der Waals surface area contributed by atoms with Gasteiger partial charge in [0.1, 0.15) is 17.0 Å². The minimum Gasteiger partial charge on any atom is -0.444 e. The Hall–Kier alpha value is -4.55. The summed E-state index contributed by atoms with van der Waals surface area (Å²) in [5.41, 5.74) is 1.98. The van der Waals surface area contributed by atoms with Crippen molar-refractivity contribution in [1.29, 1.82) is 0 Å². The fraction of sp³-hybridized carbons (Fsp3) is 0.439. The highest BCUT2D eigenvalue weighted by molar-refractivity contribution is 6.99. The van der Waals surface area contributed by atoms with E-state index in [-0.39, 0.29) is 41.9 Å². The highest BCUT2D eigenvalue weighted by Gasteiger charge is 2.51. The van der Waals surface area contributed by atoms with E-state index in [1.165, 1.54) is 12.1 Å². The first-order valence-corrected chi connectivity index (χ1v) is 20.1. The molecule has 6 rings (SSSR count). The van der Waals surface area contributed by atoms with Crippen molar-refractivity contribution in [1.82, 2.24) is 19.6 Å². The summed E-state index contributed by atoms with van der Waals surface area (Å²) >= 11 is 0. The topological polar surface area (TPSA) is 86.1 Å². The first-order valence-electron chi connectivity index (χ1n) is 18.2. The fourth-order valence-corrected chi connectivity index (χ4v) is 12.3. The van der Waals surface area contributed by atoms with E-state index in [1.807, 2.05) is 75.7 Å². The molecule has 0 aliphatic carbocycles. The average Bonchev–Trinajstić information content (AvgIpc) is 3.47. The number of aromatic nitrogens is 2. The van der Waals surface area contributed by atoms with Gasteiger partial charge in [-0.2, -0.15) is 13.9 Å². The second-order valence-corrected chi connectivity index (χ2v) is 20.4. The average molecular weight is 745 g/mol. The third-order valence-electron chi connectivity index (χ3n) is 10.3. The molecule has 2 amide bonds. The van der Waals surface area contributed by atoms with Crippen LogP contribution in [-0.2, 0) is 22.1 Å². The number of amides is 2. The molecule has 0 bridgehead atoms. The van der Waals surface area contributed by atoms with Crippen LogP contribution in [0.25, 0.3) is 0 Å². The SMILES string of the molecule is C[C@@H]1Cc2nn3c(c2CN1C(=O)OC(C)(C)C)C(=O)N([C@@H](C)c1ccc(OC(F)F)cc1)C[C@H]3CO[Si](c1ccccc1)(c1ccccc1)C(C)(C)C. The highest BCUT2D eigenvalue weighted by Crippen LogP contribution is 2.40. The Kier molecular flexibility index (Phi) is 10.6. The van der Waals surface area contributed by atoms with Crippen LogP contribution in [0.4, 0.5) is 13.6 Å². The second-order valence-electron chi connectivity index (χ2n) is 16.1. The van der Waals surface area contributed by atoms with Gasteiger partial charge >= 0.3 is 12.7 Å². The highest BCUT2D eigenvalue weighted by atomic mass is 28.4. The maximum absolute atomic E-state index is 14.7. The van der Waals surface area contributed by atoms with E-state index in [0.29, 0.717) is 24.2 Å². The Bertz CT molecular complexity index is 1870. The Labute approximate surface area is 312 Å². The number of hydrogen-bond donors (Lipinski definition) is 0. The number of alkyl halides is 2. The van der Waals surface area contributed by atoms with Crippen LogP contribution in [0.1, 0.15) is 94.8 Å². The van der Waals surface area contributed by atoms with Gasteiger partial charge in [0.05, 0.1) is 30.9 Å². The van der Waals surface area contributed by atoms with Gasteiger partial charge in [0.15, 0.2) is 0 Å². The van der Waals surface area contributed by atoms with Gasteiger partial charge in [0.2, 0.25) is 0 Å². The van der Waals surface area contributed by atoms with Crippen LogP contribution in [0.15, 0.2) is 84.9 Å². The molecule has 0 radical (unpaired) electrons. The first-order chi connectivity index (χ1) is 25.0. The molecule has 53 heavy (non-hydrogen) atoms. The number of benzene rings is 3. The number of fused-ring (bicyclic) bond motifs is 3. The van der Waals surface area contributed by atoms with E-state index >= 15 is 0 Å². The van der Waals surface area contributed by atoms with Crippen molar-refractivity contribution in [2.75, 3.05) is 13.2 Å². The Morgan fingerprint density at radius 1 is 0.925 bits per heavy atom. The molecule has 3 atom stereocenters. The zero-order valence-corrected chi connectivity index (χ0v) is 32.8. The molecule has 0 spiro atoms. The van der Waals surface area contributed by atoms with Crippen molar-refractivity contribution in [3.8, 4) is 5.75 Å². The largest absolute Gasteiger partial charge is 0.444 e. The molecule has 0 saturated carbocycles. The molecule has 3 aromatic carbocycles. The number of carbonyl (C=O) groups excluding carboxylic acids is 2. The second kappa shape index (κ2) is 14.7. The van der Waals surface area contributed by atoms with Crippen molar-refractivity contribution in [2.45, 2.75) is 104 Å². The predicted molar refractivity (Wildman–Crippen MR) is 202 cm³/mol. The van der Waals surface area contributed by atoms with Gasteiger partial charge in [-0.1, -0.05) is 93.6 Å². The Morgan fingerprint density at radius 3 is 2.04 bits per heavy atom. The fourth-order valence-electron chi connectivity index (χ4n) is 7.69. The molecule has 3 heterocycles. The molecule has 0 fully saturated rings. The van der Waals surface area contributed by atoms with Crippen molar-refractivity contribution < 1.29 is 32.3 Å². The zero-order chi connectivity index (χ0) is 38.3. The van der Waals surface area contributed by atoms with Crippen LogP contribution >= 0.6 is 0 Å². The van der Waals surface area contributed by atoms with E-state index in [4.69, 9.17) is 14.3 Å². The summed E-state index contributed by atoms with van der Waals surface area (Å²) < 4.78 is 45.4. The minimum absolute atomic E-state index is 0.0426. The van der Waals surface area contributed by atoms with Gasteiger partial charge in [-0.15, -0.1) is 0 Å². The summed E-state index contributed by atoms with van der Waals surface area (Å²) in [5.74, 6) is -0.180. The van der Waals surface area contributed by atoms with Gasteiger partial charge in [-0.05, 0) is 67.7 Å². The summed E-state index contributed by atoms with van der Waals surface area (Å²) in [6, 6.07) is 26.2. The summed E-state index contributed by atoms with van der Waals surface area (Å²) in [4.78, 5) is 31.6. The molecule has 0 N–H and O–H groups in total. The van der Waals surface area contributed by atoms with Gasteiger partial charge in [0, 0.05) is 24.6 Å². The van der Waals surface area contributed by atoms with Gasteiger partial charge in [-0.3, -0.25) is 9.48 Å². The van der Waals surface area contributed by atoms with Crippen molar-refractivity contribution in [3.05, 3.63) is 107 Å². The first kappa shape index (κ1) is 38.2. The molecule has 2 aliphatic rings. The van der Waals surface area contributed by atoms with E-state index in [2.05, 4.69) is 49.8 Å². The van der Waals surface area contributed by atoms with E-state index < -0.39 is 32.7 Å². The Balaban J connectivity index is 1.43. The Morgan fingerprint density at radius 2 is 1.51 bits per heavy atom. The van der Waals surface area contributed by atoms with Gasteiger partial charge in [-0.25, -0.2) is 4.79 Å². The number of nitrogens with zero attached hydrogens (tertiary/aromatic N) is 4. The maximum atomic E-state index is 14.7. The minimum atomic E-state index is -2.96. The smallest absolute Gasteiger partial charge is 0.410 e. The third kappa shape index (κ3) is 7.61. The zero-order valence-electron chi connectivity index (χ0n) is 31.8. The predicted octanol–water partition coefficient (Wildman–Crippen LogP) is 7.50. The van der Waals surface area contributed by atoms with Crippen molar-refractivity contribution in [2.24, 2.45) is 0 Å². The van der Waals surface area contributed by atoms with Crippen molar-refractivity contribution in [3.63, 3.8) is 0 Å². The molecule has 1 aromatic heterocycles. The lowest BCUT2D eigenvalue weighted by Crippen LogP contribution is -2.67. The van der Waals surface area contributed by atoms with Crippen LogP contribution in [0, 0.1) is 0 Å². The van der Waals surface area contributed by atoms with Gasteiger partial charge in [0.25, 0.3) is 14.2 Å². The van der Waals surface area contributed by atoms with E-state index in [0.717, 1.165) is 21.6 Å². The van der Waals surface area contributed by atoms with Crippen LogP contribution < -0.4 is 15.1 Å². The molecule has 0 unspecified atom stereocenters. The molecule has 9 nitrogen and oxygen atoms in total. The molecule has 0 saturated heterocycles. The van der Waals surface area contributed by atoms with Gasteiger partial charge < -0.3 is 23.7 Å². The number of carbonyl (C=O) groups is 2. The third-order valence-corrected chi connectivity index (χ3v) is 15.3. The quantitative estimate of drug-likeness (QED) is 0.165. The normalized spacial score (nSPS) is 18.4.